The van der Waals surface area contributed by atoms with Crippen molar-refractivity contribution in [3.63, 3.8) is 0 Å². The van der Waals surface area contributed by atoms with Crippen LogP contribution in [0, 0.1) is 0 Å². The number of hydrogen-bond acceptors (Lipinski definition) is 2. The van der Waals surface area contributed by atoms with Crippen LogP contribution in [0.5, 0.6) is 0 Å². The third-order valence-electron chi connectivity index (χ3n) is 8.66. The topological polar surface area (TPSA) is 65.7 Å². The minimum absolute atomic E-state index is 0.0170. The Kier molecular flexibility index (Phi) is 8.39. The van der Waals surface area contributed by atoms with Gasteiger partial charge >= 0.3 is 0 Å². The SMILES string of the molecule is CC(C)(C)c1ccc(C(=O)c2ccc(C(c3ccc(C(C)(C)C)cc3)c3ccc(C(=O)c4ccc(C(C)(C)C)cc4)[nH]3)[nH]2)cc1. The Morgan fingerprint density at radius 1 is 0.444 bits per heavy atom. The van der Waals surface area contributed by atoms with Crippen molar-refractivity contribution >= 4 is 11.6 Å². The largest absolute Gasteiger partial charge is 0.355 e. The molecule has 0 unspecified atom stereocenters. The lowest BCUT2D eigenvalue weighted by atomic mass is 9.84. The van der Waals surface area contributed by atoms with Crippen molar-refractivity contribution < 1.29 is 9.59 Å². The Morgan fingerprint density at radius 2 is 0.756 bits per heavy atom. The third kappa shape index (κ3) is 6.96. The first-order valence-corrected chi connectivity index (χ1v) is 15.8. The van der Waals surface area contributed by atoms with E-state index in [2.05, 4.69) is 96.5 Å². The summed E-state index contributed by atoms with van der Waals surface area (Å²) in [6.07, 6.45) is 0. The second kappa shape index (κ2) is 11.8. The summed E-state index contributed by atoms with van der Waals surface area (Å²) >= 11 is 0. The number of nitrogens with one attached hydrogen (secondary N) is 2. The van der Waals surface area contributed by atoms with Crippen molar-refractivity contribution in [1.29, 1.82) is 0 Å². The molecule has 4 heteroatoms. The number of carbonyl (C=O) groups is 2. The van der Waals surface area contributed by atoms with Crippen LogP contribution in [0.25, 0.3) is 0 Å². The Bertz CT molecular complexity index is 1690. The molecule has 0 aliphatic carbocycles. The molecular formula is C41H46N2O2. The molecule has 0 radical (unpaired) electrons. The summed E-state index contributed by atoms with van der Waals surface area (Å²) in [4.78, 5) is 33.9. The first-order chi connectivity index (χ1) is 21.0. The summed E-state index contributed by atoms with van der Waals surface area (Å²) < 4.78 is 0. The van der Waals surface area contributed by atoms with E-state index in [1.54, 1.807) is 0 Å². The van der Waals surface area contributed by atoms with Crippen LogP contribution in [-0.2, 0) is 16.2 Å². The highest BCUT2D eigenvalue weighted by Gasteiger charge is 2.25. The van der Waals surface area contributed by atoms with Crippen LogP contribution in [0.2, 0.25) is 0 Å². The quantitative estimate of drug-likeness (QED) is 0.183. The summed E-state index contributed by atoms with van der Waals surface area (Å²) in [5, 5.41) is 0. The molecule has 0 fully saturated rings. The molecule has 2 aromatic heterocycles. The van der Waals surface area contributed by atoms with Crippen molar-refractivity contribution in [3.8, 4) is 0 Å². The number of carbonyl (C=O) groups excluding carboxylic acids is 2. The number of ketones is 2. The number of rotatable bonds is 7. The van der Waals surface area contributed by atoms with E-state index in [0.29, 0.717) is 22.5 Å². The molecule has 5 aromatic rings. The van der Waals surface area contributed by atoms with Gasteiger partial charge in [-0.15, -0.1) is 0 Å². The maximum Gasteiger partial charge on any atom is 0.209 e. The zero-order valence-corrected chi connectivity index (χ0v) is 28.1. The van der Waals surface area contributed by atoms with Gasteiger partial charge in [0, 0.05) is 22.5 Å². The molecular weight excluding hydrogens is 552 g/mol. The molecule has 3 aromatic carbocycles. The van der Waals surface area contributed by atoms with Crippen molar-refractivity contribution in [2.45, 2.75) is 84.5 Å². The summed E-state index contributed by atoms with van der Waals surface area (Å²) in [6, 6.07) is 32.1. The molecule has 0 saturated carbocycles. The van der Waals surface area contributed by atoms with Gasteiger partial charge in [-0.05, 0) is 62.8 Å². The van der Waals surface area contributed by atoms with Crippen LogP contribution < -0.4 is 0 Å². The van der Waals surface area contributed by atoms with E-state index in [1.807, 2.05) is 72.8 Å². The van der Waals surface area contributed by atoms with Gasteiger partial charge in [-0.3, -0.25) is 9.59 Å². The molecule has 0 aliphatic rings. The van der Waals surface area contributed by atoms with Crippen LogP contribution in [0.4, 0.5) is 0 Å². The van der Waals surface area contributed by atoms with E-state index in [0.717, 1.165) is 17.0 Å². The van der Waals surface area contributed by atoms with Gasteiger partial charge in [0.05, 0.1) is 17.3 Å². The van der Waals surface area contributed by atoms with E-state index in [-0.39, 0.29) is 33.7 Å². The van der Waals surface area contributed by atoms with Crippen LogP contribution in [-0.4, -0.2) is 21.5 Å². The second-order valence-corrected chi connectivity index (χ2v) is 15.3. The fourth-order valence-electron chi connectivity index (χ4n) is 5.68. The number of aromatic nitrogens is 2. The highest BCUT2D eigenvalue weighted by molar-refractivity contribution is 6.08. The van der Waals surface area contributed by atoms with Gasteiger partial charge in [0.1, 0.15) is 0 Å². The molecule has 45 heavy (non-hydrogen) atoms. The highest BCUT2D eigenvalue weighted by atomic mass is 16.1. The third-order valence-corrected chi connectivity index (χ3v) is 8.66. The maximum absolute atomic E-state index is 13.5. The van der Waals surface area contributed by atoms with Crippen LogP contribution >= 0.6 is 0 Å². The van der Waals surface area contributed by atoms with Crippen LogP contribution in [0.3, 0.4) is 0 Å². The average Bonchev–Trinajstić information content (AvgIpc) is 3.67. The Hall–Kier alpha value is -4.44. The molecule has 4 nitrogen and oxygen atoms in total. The number of H-pyrrole nitrogens is 2. The van der Waals surface area contributed by atoms with E-state index < -0.39 is 0 Å². The number of aromatic amines is 2. The smallest absolute Gasteiger partial charge is 0.209 e. The standard InChI is InChI=1S/C41H46N2O2/c1-39(2,3)29-16-10-26(11-17-29)36(32-22-24-34(42-32)37(44)27-12-18-30(19-13-27)40(4,5)6)33-23-25-35(43-33)38(45)28-14-20-31(21-15-28)41(7,8)9/h10-25,36,42-43H,1-9H3. The van der Waals surface area contributed by atoms with E-state index >= 15 is 0 Å². The molecule has 0 atom stereocenters. The zero-order chi connectivity index (χ0) is 32.7. The molecule has 0 bridgehead atoms. The summed E-state index contributed by atoms with van der Waals surface area (Å²) in [7, 11) is 0. The first kappa shape index (κ1) is 32.0. The minimum atomic E-state index is -0.228. The molecule has 0 aliphatic heterocycles. The molecule has 0 amide bonds. The number of hydrogen-bond donors (Lipinski definition) is 2. The van der Waals surface area contributed by atoms with Gasteiger partial charge < -0.3 is 9.97 Å². The summed E-state index contributed by atoms with van der Waals surface area (Å²) in [6.45, 7) is 19.6. The van der Waals surface area contributed by atoms with E-state index in [1.165, 1.54) is 16.7 Å². The van der Waals surface area contributed by atoms with E-state index in [9.17, 15) is 9.59 Å². The molecule has 0 saturated heterocycles. The Labute approximate surface area is 268 Å². The van der Waals surface area contributed by atoms with Crippen LogP contribution in [0.15, 0.2) is 97.1 Å². The van der Waals surface area contributed by atoms with Crippen molar-refractivity contribution in [2.75, 3.05) is 0 Å². The first-order valence-electron chi connectivity index (χ1n) is 15.8. The molecule has 0 spiro atoms. The number of benzene rings is 3. The monoisotopic (exact) mass is 598 g/mol. The van der Waals surface area contributed by atoms with Gasteiger partial charge in [0.2, 0.25) is 11.6 Å². The lowest BCUT2D eigenvalue weighted by molar-refractivity contribution is 0.102. The normalized spacial score (nSPS) is 12.5. The molecule has 232 valence electrons. The lowest BCUT2D eigenvalue weighted by Crippen LogP contribution is -2.12. The summed E-state index contributed by atoms with van der Waals surface area (Å²) in [5.41, 5.74) is 8.86. The maximum atomic E-state index is 13.5. The fraction of sp³-hybridized carbons (Fsp3) is 0.317. The predicted octanol–water partition coefficient (Wildman–Crippen LogP) is 9.88. The van der Waals surface area contributed by atoms with Crippen LogP contribution in [0.1, 0.15) is 134 Å². The lowest BCUT2D eigenvalue weighted by Gasteiger charge is -2.21. The fourth-order valence-corrected chi connectivity index (χ4v) is 5.68. The second-order valence-electron chi connectivity index (χ2n) is 15.3. The van der Waals surface area contributed by atoms with Gasteiger partial charge in [0.15, 0.2) is 0 Å². The van der Waals surface area contributed by atoms with E-state index in [4.69, 9.17) is 0 Å². The summed E-state index contributed by atoms with van der Waals surface area (Å²) in [5.74, 6) is -0.331. The predicted molar refractivity (Wildman–Crippen MR) is 185 cm³/mol. The van der Waals surface area contributed by atoms with Gasteiger partial charge in [-0.1, -0.05) is 135 Å². The highest BCUT2D eigenvalue weighted by Crippen LogP contribution is 2.34. The Morgan fingerprint density at radius 3 is 1.07 bits per heavy atom. The van der Waals surface area contributed by atoms with Gasteiger partial charge in [-0.2, -0.15) is 0 Å². The van der Waals surface area contributed by atoms with Gasteiger partial charge in [-0.25, -0.2) is 0 Å². The minimum Gasteiger partial charge on any atom is -0.355 e. The van der Waals surface area contributed by atoms with Crippen molar-refractivity contribution in [3.05, 3.63) is 153 Å². The molecule has 5 rings (SSSR count). The van der Waals surface area contributed by atoms with Crippen molar-refractivity contribution in [2.24, 2.45) is 0 Å². The van der Waals surface area contributed by atoms with Gasteiger partial charge in [0.25, 0.3) is 0 Å². The average molecular weight is 599 g/mol. The molecule has 2 heterocycles. The Balaban J connectivity index is 1.49. The van der Waals surface area contributed by atoms with Crippen molar-refractivity contribution in [1.82, 2.24) is 9.97 Å². The zero-order valence-electron chi connectivity index (χ0n) is 28.1. The molecule has 2 N–H and O–H groups in total.